The maximum Gasteiger partial charge on any atom is 0.313 e. The Morgan fingerprint density at radius 2 is 2.38 bits per heavy atom. The fourth-order valence-electron chi connectivity index (χ4n) is 1.95. The number of hydrogen-bond acceptors (Lipinski definition) is 2. The van der Waals surface area contributed by atoms with Gasteiger partial charge in [-0.1, -0.05) is 19.8 Å². The second kappa shape index (κ2) is 3.65. The lowest BCUT2D eigenvalue weighted by molar-refractivity contribution is 0.200. The van der Waals surface area contributed by atoms with Gasteiger partial charge in [-0.05, 0) is 18.8 Å². The van der Waals surface area contributed by atoms with E-state index in [1.54, 1.807) is 0 Å². The average molecular weight is 181 g/mol. The van der Waals surface area contributed by atoms with Gasteiger partial charge in [-0.15, -0.1) is 0 Å². The summed E-state index contributed by atoms with van der Waals surface area (Å²) in [7, 11) is 0. The molecule has 0 aromatic heterocycles. The molecule has 2 amide bonds. The van der Waals surface area contributed by atoms with Gasteiger partial charge in [-0.3, -0.25) is 0 Å². The first-order chi connectivity index (χ1) is 6.10. The SMILES string of the molecule is CC1CCCCC1(C#N)NC(N)=O. The van der Waals surface area contributed by atoms with Gasteiger partial charge in [0.05, 0.1) is 6.07 Å². The van der Waals surface area contributed by atoms with Crippen LogP contribution in [0.3, 0.4) is 0 Å². The number of nitrogens with zero attached hydrogens (tertiary/aromatic N) is 1. The fraction of sp³-hybridized carbons (Fsp3) is 0.778. The summed E-state index contributed by atoms with van der Waals surface area (Å²) in [5.74, 6) is 0.193. The number of urea groups is 1. The first-order valence-corrected chi connectivity index (χ1v) is 4.59. The Labute approximate surface area is 78.1 Å². The average Bonchev–Trinajstić information content (AvgIpc) is 2.08. The van der Waals surface area contributed by atoms with E-state index in [4.69, 9.17) is 11.0 Å². The molecule has 0 heterocycles. The number of primary amides is 1. The van der Waals surface area contributed by atoms with Crippen LogP contribution in [0.5, 0.6) is 0 Å². The van der Waals surface area contributed by atoms with Gasteiger partial charge in [0.15, 0.2) is 0 Å². The van der Waals surface area contributed by atoms with E-state index in [0.717, 1.165) is 19.3 Å². The van der Waals surface area contributed by atoms with E-state index < -0.39 is 11.6 Å². The minimum atomic E-state index is -0.718. The van der Waals surface area contributed by atoms with Crippen LogP contribution < -0.4 is 11.1 Å². The predicted molar refractivity (Wildman–Crippen MR) is 48.7 cm³/mol. The molecule has 0 aromatic rings. The zero-order valence-electron chi connectivity index (χ0n) is 7.84. The third kappa shape index (κ3) is 1.92. The largest absolute Gasteiger partial charge is 0.352 e. The van der Waals surface area contributed by atoms with Crippen molar-refractivity contribution in [2.75, 3.05) is 0 Å². The zero-order chi connectivity index (χ0) is 9.90. The first-order valence-electron chi connectivity index (χ1n) is 4.59. The molecule has 4 nitrogen and oxygen atoms in total. The highest BCUT2D eigenvalue weighted by atomic mass is 16.2. The topological polar surface area (TPSA) is 78.9 Å². The Kier molecular flexibility index (Phi) is 2.76. The van der Waals surface area contributed by atoms with Gasteiger partial charge in [0, 0.05) is 0 Å². The van der Waals surface area contributed by atoms with Crippen molar-refractivity contribution in [1.29, 1.82) is 5.26 Å². The molecule has 3 N–H and O–H groups in total. The highest BCUT2D eigenvalue weighted by Gasteiger charge is 2.39. The van der Waals surface area contributed by atoms with Crippen LogP contribution in [0, 0.1) is 17.2 Å². The second-order valence-electron chi connectivity index (χ2n) is 3.72. The van der Waals surface area contributed by atoms with Crippen molar-refractivity contribution in [1.82, 2.24) is 5.32 Å². The zero-order valence-corrected chi connectivity index (χ0v) is 7.84. The van der Waals surface area contributed by atoms with Gasteiger partial charge in [-0.2, -0.15) is 5.26 Å². The molecule has 2 unspecified atom stereocenters. The molecule has 0 aliphatic heterocycles. The number of carbonyl (C=O) groups excluding carboxylic acids is 1. The van der Waals surface area contributed by atoms with E-state index in [1.807, 2.05) is 6.92 Å². The lowest BCUT2D eigenvalue weighted by Gasteiger charge is -2.36. The van der Waals surface area contributed by atoms with Gasteiger partial charge in [0.2, 0.25) is 0 Å². The molecule has 1 saturated carbocycles. The van der Waals surface area contributed by atoms with Crippen molar-refractivity contribution < 1.29 is 4.79 Å². The van der Waals surface area contributed by atoms with E-state index >= 15 is 0 Å². The molecule has 1 rings (SSSR count). The van der Waals surface area contributed by atoms with Gasteiger partial charge in [-0.25, -0.2) is 4.79 Å². The summed E-state index contributed by atoms with van der Waals surface area (Å²) in [6, 6.07) is 1.59. The van der Waals surface area contributed by atoms with Crippen LogP contribution in [-0.2, 0) is 0 Å². The Morgan fingerprint density at radius 1 is 1.69 bits per heavy atom. The molecule has 0 spiro atoms. The first kappa shape index (κ1) is 9.85. The standard InChI is InChI=1S/C9H15N3O/c1-7-4-2-3-5-9(7,6-10)12-8(11)13/h7H,2-5H2,1H3,(H3,11,12,13). The predicted octanol–water partition coefficient (Wildman–Crippen LogP) is 1.13. The number of nitrogens with one attached hydrogen (secondary N) is 1. The van der Waals surface area contributed by atoms with E-state index in [1.165, 1.54) is 0 Å². The molecule has 13 heavy (non-hydrogen) atoms. The van der Waals surface area contributed by atoms with Gasteiger partial charge in [0.25, 0.3) is 0 Å². The molecule has 0 radical (unpaired) electrons. The molecule has 1 aliphatic rings. The third-order valence-corrected chi connectivity index (χ3v) is 2.85. The fourth-order valence-corrected chi connectivity index (χ4v) is 1.95. The number of nitriles is 1. The Morgan fingerprint density at radius 3 is 2.85 bits per heavy atom. The Balaban J connectivity index is 2.77. The van der Waals surface area contributed by atoms with E-state index in [-0.39, 0.29) is 5.92 Å². The molecule has 2 atom stereocenters. The van der Waals surface area contributed by atoms with Crippen molar-refractivity contribution in [2.24, 2.45) is 11.7 Å². The third-order valence-electron chi connectivity index (χ3n) is 2.85. The van der Waals surface area contributed by atoms with Gasteiger partial charge in [0.1, 0.15) is 5.54 Å². The summed E-state index contributed by atoms with van der Waals surface area (Å²) in [6.45, 7) is 1.98. The van der Waals surface area contributed by atoms with Crippen LogP contribution in [0.1, 0.15) is 32.6 Å². The molecule has 0 bridgehead atoms. The van der Waals surface area contributed by atoms with Crippen molar-refractivity contribution in [2.45, 2.75) is 38.1 Å². The lowest BCUT2D eigenvalue weighted by Crippen LogP contribution is -2.55. The summed E-state index contributed by atoms with van der Waals surface area (Å²) < 4.78 is 0. The van der Waals surface area contributed by atoms with Crippen molar-refractivity contribution in [3.63, 3.8) is 0 Å². The highest BCUT2D eigenvalue weighted by molar-refractivity contribution is 5.73. The van der Waals surface area contributed by atoms with Gasteiger partial charge >= 0.3 is 6.03 Å². The molecule has 0 saturated heterocycles. The number of nitrogens with two attached hydrogens (primary N) is 1. The van der Waals surface area contributed by atoms with E-state index in [9.17, 15) is 4.79 Å². The Hall–Kier alpha value is -1.24. The van der Waals surface area contributed by atoms with Crippen LogP contribution in [0.25, 0.3) is 0 Å². The summed E-state index contributed by atoms with van der Waals surface area (Å²) >= 11 is 0. The second-order valence-corrected chi connectivity index (χ2v) is 3.72. The number of carbonyl (C=O) groups is 1. The lowest BCUT2D eigenvalue weighted by atomic mass is 9.74. The molecule has 4 heteroatoms. The molecular formula is C9H15N3O. The quantitative estimate of drug-likeness (QED) is 0.636. The summed E-state index contributed by atoms with van der Waals surface area (Å²) in [6.07, 6.45) is 3.81. The smallest absolute Gasteiger partial charge is 0.313 e. The monoisotopic (exact) mass is 181 g/mol. The molecule has 72 valence electrons. The van der Waals surface area contributed by atoms with Crippen LogP contribution in [-0.4, -0.2) is 11.6 Å². The highest BCUT2D eigenvalue weighted by Crippen LogP contribution is 2.32. The van der Waals surface area contributed by atoms with Crippen molar-refractivity contribution in [3.05, 3.63) is 0 Å². The summed E-state index contributed by atoms with van der Waals surface area (Å²) in [4.78, 5) is 10.7. The van der Waals surface area contributed by atoms with Crippen LogP contribution in [0.2, 0.25) is 0 Å². The van der Waals surface area contributed by atoms with Crippen LogP contribution in [0.15, 0.2) is 0 Å². The van der Waals surface area contributed by atoms with E-state index in [2.05, 4.69) is 11.4 Å². The maximum absolute atomic E-state index is 10.7. The molecule has 1 aliphatic carbocycles. The van der Waals surface area contributed by atoms with Crippen molar-refractivity contribution in [3.8, 4) is 6.07 Å². The summed E-state index contributed by atoms with van der Waals surface area (Å²) in [5, 5.41) is 11.6. The minimum absolute atomic E-state index is 0.193. The van der Waals surface area contributed by atoms with Gasteiger partial charge < -0.3 is 11.1 Å². The minimum Gasteiger partial charge on any atom is -0.352 e. The molecule has 0 aromatic carbocycles. The number of rotatable bonds is 1. The number of hydrogen-bond donors (Lipinski definition) is 2. The van der Waals surface area contributed by atoms with E-state index in [0.29, 0.717) is 6.42 Å². The van der Waals surface area contributed by atoms with Crippen molar-refractivity contribution >= 4 is 6.03 Å². The summed E-state index contributed by atoms with van der Waals surface area (Å²) in [5.41, 5.74) is 4.33. The van der Waals surface area contributed by atoms with Crippen LogP contribution in [0.4, 0.5) is 4.79 Å². The van der Waals surface area contributed by atoms with Crippen LogP contribution >= 0.6 is 0 Å². The molecule has 1 fully saturated rings. The molecular weight excluding hydrogens is 166 g/mol. The Bertz CT molecular complexity index is 246. The maximum atomic E-state index is 10.7. The normalized spacial score (nSPS) is 33.4. The number of amides is 2.